The monoisotopic (exact) mass is 625 g/mol. The highest BCUT2D eigenvalue weighted by molar-refractivity contribution is 7.19. The molecule has 4 heterocycles. The fourth-order valence-electron chi connectivity index (χ4n) is 5.84. The second kappa shape index (κ2) is 13.0. The van der Waals surface area contributed by atoms with Gasteiger partial charge in [0.05, 0.1) is 22.5 Å². The second-order valence-electron chi connectivity index (χ2n) is 13.5. The molecule has 2 aromatic rings. The first-order valence-electron chi connectivity index (χ1n) is 15.3. The van der Waals surface area contributed by atoms with Crippen molar-refractivity contribution in [2.75, 3.05) is 26.2 Å². The van der Waals surface area contributed by atoms with E-state index >= 15 is 0 Å². The van der Waals surface area contributed by atoms with Crippen molar-refractivity contribution in [1.82, 2.24) is 24.7 Å². The number of aromatic nitrogens is 1. The molecule has 0 spiro atoms. The number of unbranched alkanes of at least 4 members (excludes halogenated alkanes) is 1. The van der Waals surface area contributed by atoms with Crippen LogP contribution >= 0.6 is 11.3 Å². The van der Waals surface area contributed by atoms with Crippen LogP contribution in [0.1, 0.15) is 65.3 Å². The third kappa shape index (κ3) is 6.98. The number of fused-ring (bicyclic) bond motifs is 2. The summed E-state index contributed by atoms with van der Waals surface area (Å²) >= 11 is 1.38. The number of phenols is 1. The quantitative estimate of drug-likeness (QED) is 0.301. The Balaban J connectivity index is 1.47. The Morgan fingerprint density at radius 3 is 2.61 bits per heavy atom. The van der Waals surface area contributed by atoms with Gasteiger partial charge in [-0.25, -0.2) is 4.98 Å². The number of benzene rings is 1. The van der Waals surface area contributed by atoms with E-state index in [4.69, 9.17) is 9.94 Å². The molecule has 0 bridgehead atoms. The number of carbonyl (C=O) groups is 3. The lowest BCUT2D eigenvalue weighted by molar-refractivity contribution is -0.227. The Kier molecular flexibility index (Phi) is 9.45. The minimum absolute atomic E-state index is 0.0936. The number of amides is 3. The molecule has 3 aliphatic heterocycles. The maximum atomic E-state index is 14.1. The number of aliphatic hydroxyl groups is 1. The number of aliphatic hydroxyl groups excluding tert-OH is 1. The van der Waals surface area contributed by atoms with Crippen LogP contribution in [0.25, 0.3) is 16.3 Å². The number of hydroxylamine groups is 2. The van der Waals surface area contributed by atoms with Gasteiger partial charge in [0.1, 0.15) is 16.8 Å². The Labute approximate surface area is 262 Å². The maximum Gasteiger partial charge on any atom is 0.276 e. The van der Waals surface area contributed by atoms with Crippen LogP contribution < -0.4 is 0 Å². The number of rotatable bonds is 10. The molecule has 5 rings (SSSR count). The number of aromatic hydroxyl groups is 1. The van der Waals surface area contributed by atoms with Crippen molar-refractivity contribution in [3.05, 3.63) is 41.3 Å². The fraction of sp³-hybridized carbons (Fsp3) is 0.562. The van der Waals surface area contributed by atoms with Crippen molar-refractivity contribution in [2.24, 2.45) is 11.3 Å². The molecule has 0 unspecified atom stereocenters. The number of likely N-dealkylation sites (tertiary alicyclic amines) is 1. The fourth-order valence-corrected chi connectivity index (χ4v) is 6.69. The minimum Gasteiger partial charge on any atom is -0.508 e. The number of thiazole rings is 1. The molecule has 238 valence electrons. The molecule has 3 amide bonds. The molecule has 2 N–H and O–H groups in total. The van der Waals surface area contributed by atoms with Crippen LogP contribution in [-0.4, -0.2) is 97.1 Å². The van der Waals surface area contributed by atoms with Crippen molar-refractivity contribution in [3.63, 3.8) is 0 Å². The largest absolute Gasteiger partial charge is 0.508 e. The van der Waals surface area contributed by atoms with Crippen molar-refractivity contribution in [1.29, 1.82) is 0 Å². The van der Waals surface area contributed by atoms with E-state index in [9.17, 15) is 19.5 Å². The molecule has 2 atom stereocenters. The molecule has 3 aliphatic rings. The summed E-state index contributed by atoms with van der Waals surface area (Å²) in [6.07, 6.45) is 6.08. The van der Waals surface area contributed by atoms with Crippen LogP contribution in [0.3, 0.4) is 0 Å². The van der Waals surface area contributed by atoms with Gasteiger partial charge in [-0.15, -0.1) is 11.3 Å². The standard InChI is InChI=1S/C32H43N5O6S/c1-20(2)14-25-31(42)36-24(16-32(3,4)5)30(41)35(21-17-34(18-21)12-6-7-13-38)19-28(36)37(43-25)29(40)11-10-27-33-23-15-22(39)8-9-26(23)44-27/h8-11,15,19-21,24-25,38-39H,6-7,12-14,16-18H2,1-5H3/b11-10+/t24-,25+/m0/s1. The molecule has 1 aromatic carbocycles. The summed E-state index contributed by atoms with van der Waals surface area (Å²) in [4.78, 5) is 57.9. The van der Waals surface area contributed by atoms with Crippen LogP contribution in [0.15, 0.2) is 36.3 Å². The van der Waals surface area contributed by atoms with Crippen molar-refractivity contribution in [2.45, 2.75) is 78.5 Å². The molecule has 0 radical (unpaired) electrons. The number of hydrogen-bond acceptors (Lipinski definition) is 9. The summed E-state index contributed by atoms with van der Waals surface area (Å²) < 4.78 is 0.873. The number of carbonyl (C=O) groups excluding carboxylic acids is 3. The van der Waals surface area contributed by atoms with Gasteiger partial charge < -0.3 is 15.1 Å². The zero-order chi connectivity index (χ0) is 31.8. The van der Waals surface area contributed by atoms with E-state index in [1.165, 1.54) is 22.3 Å². The average molecular weight is 626 g/mol. The van der Waals surface area contributed by atoms with Gasteiger partial charge in [0, 0.05) is 31.8 Å². The Bertz CT molecular complexity index is 1460. The van der Waals surface area contributed by atoms with Gasteiger partial charge >= 0.3 is 0 Å². The lowest BCUT2D eigenvalue weighted by Crippen LogP contribution is -2.68. The topological polar surface area (TPSA) is 127 Å². The SMILES string of the molecule is CC(C)C[C@H]1ON(C(=O)/C=C/c2nc3cc(O)ccc3s2)C2=CN(C3CN(CCCCO)C3)C(=O)[C@H](CC(C)(C)C)N2C1=O. The van der Waals surface area contributed by atoms with Crippen LogP contribution in [0, 0.1) is 11.3 Å². The third-order valence-corrected chi connectivity index (χ3v) is 8.97. The summed E-state index contributed by atoms with van der Waals surface area (Å²) in [5.41, 5.74) is 0.358. The molecule has 12 heteroatoms. The van der Waals surface area contributed by atoms with E-state index in [-0.39, 0.29) is 47.4 Å². The molecule has 2 saturated heterocycles. The Morgan fingerprint density at radius 1 is 1.18 bits per heavy atom. The lowest BCUT2D eigenvalue weighted by atomic mass is 9.85. The molecule has 0 aliphatic carbocycles. The summed E-state index contributed by atoms with van der Waals surface area (Å²) in [7, 11) is 0. The summed E-state index contributed by atoms with van der Waals surface area (Å²) in [6.45, 7) is 12.4. The van der Waals surface area contributed by atoms with Gasteiger partial charge in [-0.2, -0.15) is 5.06 Å². The molecular formula is C32H43N5O6S. The minimum atomic E-state index is -0.914. The summed E-state index contributed by atoms with van der Waals surface area (Å²) in [5, 5.41) is 20.7. The molecule has 44 heavy (non-hydrogen) atoms. The van der Waals surface area contributed by atoms with Gasteiger partial charge in [-0.1, -0.05) is 34.6 Å². The predicted molar refractivity (Wildman–Crippen MR) is 168 cm³/mol. The van der Waals surface area contributed by atoms with Crippen LogP contribution in [-0.2, 0) is 19.2 Å². The first-order valence-corrected chi connectivity index (χ1v) is 16.1. The summed E-state index contributed by atoms with van der Waals surface area (Å²) in [6, 6.07) is 4.07. The second-order valence-corrected chi connectivity index (χ2v) is 14.5. The van der Waals surface area contributed by atoms with Gasteiger partial charge in [-0.05, 0) is 61.8 Å². The van der Waals surface area contributed by atoms with E-state index in [0.29, 0.717) is 36.5 Å². The first kappa shape index (κ1) is 32.1. The van der Waals surface area contributed by atoms with E-state index in [1.807, 2.05) is 34.6 Å². The van der Waals surface area contributed by atoms with Crippen molar-refractivity contribution in [3.8, 4) is 5.75 Å². The van der Waals surface area contributed by atoms with Crippen molar-refractivity contribution >= 4 is 45.4 Å². The first-order chi connectivity index (χ1) is 20.8. The van der Waals surface area contributed by atoms with Crippen LogP contribution in [0.5, 0.6) is 5.75 Å². The van der Waals surface area contributed by atoms with Crippen LogP contribution in [0.2, 0.25) is 0 Å². The molecule has 1 aromatic heterocycles. The predicted octanol–water partition coefficient (Wildman–Crippen LogP) is 3.93. The van der Waals surface area contributed by atoms with Crippen molar-refractivity contribution < 1.29 is 29.4 Å². The van der Waals surface area contributed by atoms with E-state index in [2.05, 4.69) is 9.88 Å². The highest BCUT2D eigenvalue weighted by atomic mass is 32.1. The van der Waals surface area contributed by atoms with Gasteiger partial charge in [0.2, 0.25) is 5.91 Å². The Hall–Kier alpha value is -3.32. The Morgan fingerprint density at radius 2 is 1.93 bits per heavy atom. The number of nitrogens with zero attached hydrogens (tertiary/aromatic N) is 5. The zero-order valence-electron chi connectivity index (χ0n) is 26.1. The number of hydrogen-bond donors (Lipinski definition) is 2. The van der Waals surface area contributed by atoms with E-state index in [0.717, 1.165) is 29.1 Å². The highest BCUT2D eigenvalue weighted by Crippen LogP contribution is 2.37. The smallest absolute Gasteiger partial charge is 0.276 e. The number of phenolic OH excluding ortho intramolecular Hbond substituents is 1. The molecule has 11 nitrogen and oxygen atoms in total. The third-order valence-electron chi connectivity index (χ3n) is 7.97. The zero-order valence-corrected chi connectivity index (χ0v) is 26.9. The molecular weight excluding hydrogens is 582 g/mol. The molecule has 2 fully saturated rings. The van der Waals surface area contributed by atoms with Crippen LogP contribution in [0.4, 0.5) is 0 Å². The summed E-state index contributed by atoms with van der Waals surface area (Å²) in [5.74, 6) is -0.483. The normalized spacial score (nSPS) is 21.9. The lowest BCUT2D eigenvalue weighted by Gasteiger charge is -2.52. The van der Waals surface area contributed by atoms with Gasteiger partial charge in [0.25, 0.3) is 11.8 Å². The molecule has 0 saturated carbocycles. The maximum absolute atomic E-state index is 14.1. The van der Waals surface area contributed by atoms with Gasteiger partial charge in [0.15, 0.2) is 11.9 Å². The van der Waals surface area contributed by atoms with E-state index < -0.39 is 18.1 Å². The average Bonchev–Trinajstić information content (AvgIpc) is 3.33. The van der Waals surface area contributed by atoms with Gasteiger partial charge in [-0.3, -0.25) is 29.0 Å². The van der Waals surface area contributed by atoms with E-state index in [1.54, 1.807) is 35.4 Å². The highest BCUT2D eigenvalue weighted by Gasteiger charge is 2.51.